The third-order valence-corrected chi connectivity index (χ3v) is 4.16. The van der Waals surface area contributed by atoms with E-state index in [1.54, 1.807) is 12.1 Å². The predicted octanol–water partition coefficient (Wildman–Crippen LogP) is 4.19. The number of carboxylic acids is 1. The molecule has 0 heterocycles. The lowest BCUT2D eigenvalue weighted by Gasteiger charge is -2.30. The van der Waals surface area contributed by atoms with Gasteiger partial charge in [0.05, 0.1) is 11.1 Å². The van der Waals surface area contributed by atoms with E-state index in [2.05, 4.69) is 5.32 Å². The van der Waals surface area contributed by atoms with Crippen LogP contribution in [-0.2, 0) is 4.79 Å². The van der Waals surface area contributed by atoms with Crippen LogP contribution in [0.25, 0.3) is 0 Å². The Balaban J connectivity index is 3.02. The number of Topliss-reactive ketones (excluding diaryl/α,β-unsaturated/α-hetero) is 1. The molecule has 0 amide bonds. The molecule has 6 heteroatoms. The van der Waals surface area contributed by atoms with E-state index in [1.165, 1.54) is 6.07 Å². The van der Waals surface area contributed by atoms with Gasteiger partial charge in [-0.05, 0) is 44.9 Å². The van der Waals surface area contributed by atoms with E-state index in [1.807, 2.05) is 20.8 Å². The quantitative estimate of drug-likeness (QED) is 0.693. The average molecular weight is 346 g/mol. The van der Waals surface area contributed by atoms with Crippen LogP contribution in [0.2, 0.25) is 10.0 Å². The first-order chi connectivity index (χ1) is 10.2. The topological polar surface area (TPSA) is 66.4 Å². The minimum Gasteiger partial charge on any atom is -0.481 e. The molecule has 1 aromatic rings. The van der Waals surface area contributed by atoms with Crippen molar-refractivity contribution in [1.29, 1.82) is 0 Å². The SMILES string of the molecule is CCC(C)(C)NC(CCC(=O)O)C(=O)c1ccc(Cl)cc1Cl. The van der Waals surface area contributed by atoms with E-state index in [4.69, 9.17) is 28.3 Å². The largest absolute Gasteiger partial charge is 0.481 e. The highest BCUT2D eigenvalue weighted by atomic mass is 35.5. The molecule has 1 rings (SSSR count). The van der Waals surface area contributed by atoms with Gasteiger partial charge < -0.3 is 10.4 Å². The van der Waals surface area contributed by atoms with Crippen LogP contribution >= 0.6 is 23.2 Å². The molecule has 4 nitrogen and oxygen atoms in total. The van der Waals surface area contributed by atoms with Gasteiger partial charge in [0.2, 0.25) is 0 Å². The highest BCUT2D eigenvalue weighted by Gasteiger charge is 2.28. The number of rotatable bonds is 8. The van der Waals surface area contributed by atoms with Gasteiger partial charge in [-0.25, -0.2) is 0 Å². The highest BCUT2D eigenvalue weighted by molar-refractivity contribution is 6.37. The molecule has 0 fully saturated rings. The van der Waals surface area contributed by atoms with Gasteiger partial charge in [-0.3, -0.25) is 9.59 Å². The molecule has 1 aromatic carbocycles. The molecule has 0 bridgehead atoms. The zero-order valence-corrected chi connectivity index (χ0v) is 14.5. The van der Waals surface area contributed by atoms with Gasteiger partial charge in [-0.2, -0.15) is 0 Å². The summed E-state index contributed by atoms with van der Waals surface area (Å²) < 4.78 is 0. The monoisotopic (exact) mass is 345 g/mol. The van der Waals surface area contributed by atoms with Crippen molar-refractivity contribution in [3.05, 3.63) is 33.8 Å². The minimum atomic E-state index is -0.934. The van der Waals surface area contributed by atoms with Gasteiger partial charge in [0, 0.05) is 22.5 Å². The molecule has 122 valence electrons. The smallest absolute Gasteiger partial charge is 0.303 e. The first-order valence-electron chi connectivity index (χ1n) is 7.15. The van der Waals surface area contributed by atoms with Crippen molar-refractivity contribution in [2.24, 2.45) is 0 Å². The maximum Gasteiger partial charge on any atom is 0.303 e. The lowest BCUT2D eigenvalue weighted by atomic mass is 9.94. The molecule has 1 unspecified atom stereocenters. The minimum absolute atomic E-state index is 0.0889. The van der Waals surface area contributed by atoms with E-state index >= 15 is 0 Å². The Bertz CT molecular complexity index is 558. The standard InChI is InChI=1S/C16H21Cl2NO3/c1-4-16(2,3)19-13(7-8-14(20)21)15(22)11-6-5-10(17)9-12(11)18/h5-6,9,13,19H,4,7-8H2,1-3H3,(H,20,21). The summed E-state index contributed by atoms with van der Waals surface area (Å²) in [6.45, 7) is 5.94. The van der Waals surface area contributed by atoms with Gasteiger partial charge in [0.1, 0.15) is 0 Å². The molecule has 2 N–H and O–H groups in total. The summed E-state index contributed by atoms with van der Waals surface area (Å²) in [6, 6.07) is 4.07. The van der Waals surface area contributed by atoms with Crippen LogP contribution < -0.4 is 5.32 Å². The maximum atomic E-state index is 12.7. The van der Waals surface area contributed by atoms with Gasteiger partial charge in [0.15, 0.2) is 5.78 Å². The zero-order valence-electron chi connectivity index (χ0n) is 13.0. The van der Waals surface area contributed by atoms with E-state index in [-0.39, 0.29) is 29.2 Å². The lowest BCUT2D eigenvalue weighted by molar-refractivity contribution is -0.137. The Hall–Kier alpha value is -1.10. The van der Waals surface area contributed by atoms with E-state index in [0.29, 0.717) is 10.6 Å². The van der Waals surface area contributed by atoms with E-state index in [0.717, 1.165) is 6.42 Å². The van der Waals surface area contributed by atoms with Crippen molar-refractivity contribution < 1.29 is 14.7 Å². The van der Waals surface area contributed by atoms with Crippen molar-refractivity contribution in [3.8, 4) is 0 Å². The zero-order chi connectivity index (χ0) is 16.9. The summed E-state index contributed by atoms with van der Waals surface area (Å²) in [7, 11) is 0. The molecule has 1 atom stereocenters. The Labute approximate surface area is 140 Å². The molecule has 0 aromatic heterocycles. The Kier molecular flexibility index (Phi) is 6.85. The van der Waals surface area contributed by atoms with Crippen LogP contribution in [0.4, 0.5) is 0 Å². The van der Waals surface area contributed by atoms with Crippen molar-refractivity contribution in [1.82, 2.24) is 5.32 Å². The molecule has 0 aliphatic carbocycles. The van der Waals surface area contributed by atoms with Crippen molar-refractivity contribution in [2.45, 2.75) is 51.6 Å². The van der Waals surface area contributed by atoms with Gasteiger partial charge >= 0.3 is 5.97 Å². The molecule has 22 heavy (non-hydrogen) atoms. The van der Waals surface area contributed by atoms with Gasteiger partial charge in [-0.1, -0.05) is 30.1 Å². The molecular weight excluding hydrogens is 325 g/mol. The predicted molar refractivity (Wildman–Crippen MR) is 89.0 cm³/mol. The van der Waals surface area contributed by atoms with Gasteiger partial charge in [-0.15, -0.1) is 0 Å². The van der Waals surface area contributed by atoms with Crippen LogP contribution in [0.5, 0.6) is 0 Å². The molecule has 0 radical (unpaired) electrons. The number of carbonyl (C=O) groups is 2. The van der Waals surface area contributed by atoms with Crippen LogP contribution in [0.1, 0.15) is 50.4 Å². The number of hydrogen-bond donors (Lipinski definition) is 2. The summed E-state index contributed by atoms with van der Waals surface area (Å²) in [5, 5.41) is 12.8. The number of carbonyl (C=O) groups excluding carboxylic acids is 1. The van der Waals surface area contributed by atoms with Crippen molar-refractivity contribution in [3.63, 3.8) is 0 Å². The molecule has 0 aliphatic rings. The third kappa shape index (κ3) is 5.59. The number of aliphatic carboxylic acids is 1. The van der Waals surface area contributed by atoms with E-state index in [9.17, 15) is 9.59 Å². The van der Waals surface area contributed by atoms with Crippen molar-refractivity contribution >= 4 is 35.0 Å². The normalized spacial score (nSPS) is 13.0. The first-order valence-corrected chi connectivity index (χ1v) is 7.90. The third-order valence-electron chi connectivity index (χ3n) is 3.61. The molecule has 0 saturated carbocycles. The van der Waals surface area contributed by atoms with Crippen molar-refractivity contribution in [2.75, 3.05) is 0 Å². The molecule has 0 aliphatic heterocycles. The summed E-state index contributed by atoms with van der Waals surface area (Å²) >= 11 is 11.9. The fourth-order valence-corrected chi connectivity index (χ4v) is 2.49. The number of halogens is 2. The summed E-state index contributed by atoms with van der Waals surface area (Å²) in [6.07, 6.45) is 0.920. The highest BCUT2D eigenvalue weighted by Crippen LogP contribution is 2.24. The Morgan fingerprint density at radius 2 is 1.95 bits per heavy atom. The van der Waals surface area contributed by atoms with Gasteiger partial charge in [0.25, 0.3) is 0 Å². The number of hydrogen-bond acceptors (Lipinski definition) is 3. The van der Waals surface area contributed by atoms with E-state index < -0.39 is 12.0 Å². The second-order valence-corrected chi connectivity index (χ2v) is 6.70. The fraction of sp³-hybridized carbons (Fsp3) is 0.500. The summed E-state index contributed by atoms with van der Waals surface area (Å²) in [4.78, 5) is 23.5. The molecule has 0 spiro atoms. The second-order valence-electron chi connectivity index (χ2n) is 5.86. The maximum absolute atomic E-state index is 12.7. The van der Waals surface area contributed by atoms with Crippen LogP contribution in [0.3, 0.4) is 0 Å². The lowest BCUT2D eigenvalue weighted by Crippen LogP contribution is -2.49. The molecular formula is C16H21Cl2NO3. The Morgan fingerprint density at radius 3 is 2.45 bits per heavy atom. The van der Waals surface area contributed by atoms with Crippen LogP contribution in [-0.4, -0.2) is 28.4 Å². The number of carboxylic acid groups (broad SMARTS) is 1. The Morgan fingerprint density at radius 1 is 1.32 bits per heavy atom. The average Bonchev–Trinajstić information content (AvgIpc) is 2.42. The van der Waals surface area contributed by atoms with Crippen LogP contribution in [0, 0.1) is 0 Å². The number of ketones is 1. The fourth-order valence-electron chi connectivity index (χ4n) is 1.99. The summed E-state index contributed by atoms with van der Waals surface area (Å²) in [5.74, 6) is -1.15. The summed E-state index contributed by atoms with van der Waals surface area (Å²) in [5.41, 5.74) is 0.0680. The van der Waals surface area contributed by atoms with Crippen LogP contribution in [0.15, 0.2) is 18.2 Å². The second kappa shape index (κ2) is 7.95. The molecule has 0 saturated heterocycles. The number of nitrogens with one attached hydrogen (secondary N) is 1. The first kappa shape index (κ1) is 18.9. The number of benzene rings is 1.